The zero-order chi connectivity index (χ0) is 18.6. The van der Waals surface area contributed by atoms with Gasteiger partial charge in [-0.1, -0.05) is 6.07 Å². The average molecular weight is 364 g/mol. The molecule has 4 heterocycles. The third-order valence-corrected chi connectivity index (χ3v) is 4.16. The number of aromatic amines is 1. The number of H-pyrrole nitrogens is 1. The molecule has 27 heavy (non-hydrogen) atoms. The van der Waals surface area contributed by atoms with Gasteiger partial charge in [0.05, 0.1) is 6.54 Å². The van der Waals surface area contributed by atoms with E-state index in [1.807, 2.05) is 6.20 Å². The molecule has 4 N–H and O–H groups in total. The summed E-state index contributed by atoms with van der Waals surface area (Å²) in [4.78, 5) is 23.5. The van der Waals surface area contributed by atoms with Gasteiger partial charge in [-0.05, 0) is 11.6 Å². The monoisotopic (exact) mass is 364 g/mol. The van der Waals surface area contributed by atoms with Crippen molar-refractivity contribution in [3.8, 4) is 0 Å². The summed E-state index contributed by atoms with van der Waals surface area (Å²) in [6.45, 7) is 0.737. The molecule has 0 bridgehead atoms. The van der Waals surface area contributed by atoms with Crippen molar-refractivity contribution in [2.24, 2.45) is 5.73 Å². The Morgan fingerprint density at radius 1 is 1.07 bits per heavy atom. The number of nitrogens with one attached hydrogen (secondary N) is 2. The van der Waals surface area contributed by atoms with Gasteiger partial charge in [-0.2, -0.15) is 4.39 Å². The molecule has 4 aromatic heterocycles. The van der Waals surface area contributed by atoms with Gasteiger partial charge in [0.2, 0.25) is 5.95 Å². The lowest BCUT2D eigenvalue weighted by Crippen LogP contribution is -2.07. The molecule has 4 aromatic rings. The van der Waals surface area contributed by atoms with Crippen molar-refractivity contribution in [3.05, 3.63) is 71.7 Å². The maximum atomic E-state index is 14.4. The molecule has 0 radical (unpaired) electrons. The standard InChI is InChI=1S/C18H17FN8/c19-17-12(3-13-8-25-18-14(13)9-21-10-26-18)1-2-15(27-17)22-5-11-6-23-16(4-20)24-7-11/h1-2,6-10H,3-5,20H2,(H,22,27)(H,21,25,26). The van der Waals surface area contributed by atoms with E-state index in [2.05, 4.69) is 35.2 Å². The van der Waals surface area contributed by atoms with Gasteiger partial charge in [-0.3, -0.25) is 0 Å². The molecule has 0 saturated carbocycles. The highest BCUT2D eigenvalue weighted by Crippen LogP contribution is 2.20. The highest BCUT2D eigenvalue weighted by atomic mass is 19.1. The predicted octanol–water partition coefficient (Wildman–Crippen LogP) is 1.94. The average Bonchev–Trinajstić information content (AvgIpc) is 3.11. The fraction of sp³-hybridized carbons (Fsp3) is 0.167. The second kappa shape index (κ2) is 7.42. The highest BCUT2D eigenvalue weighted by molar-refractivity contribution is 5.78. The summed E-state index contributed by atoms with van der Waals surface area (Å²) in [5.41, 5.74) is 8.48. The number of rotatable bonds is 6. The number of halogens is 1. The van der Waals surface area contributed by atoms with Crippen LogP contribution in [0.1, 0.15) is 22.5 Å². The third-order valence-electron chi connectivity index (χ3n) is 4.16. The number of nitrogens with zero attached hydrogens (tertiary/aromatic N) is 5. The molecule has 0 unspecified atom stereocenters. The van der Waals surface area contributed by atoms with Crippen molar-refractivity contribution in [2.45, 2.75) is 19.5 Å². The van der Waals surface area contributed by atoms with Crippen molar-refractivity contribution < 1.29 is 4.39 Å². The lowest BCUT2D eigenvalue weighted by atomic mass is 10.1. The Bertz CT molecular complexity index is 1060. The molecular weight excluding hydrogens is 347 g/mol. The van der Waals surface area contributed by atoms with Gasteiger partial charge in [0.1, 0.15) is 23.6 Å². The first-order valence-electron chi connectivity index (χ1n) is 8.38. The third kappa shape index (κ3) is 3.72. The SMILES string of the molecule is NCc1ncc(CNc2ccc(Cc3c[nH]c4ncncc34)c(F)n2)cn1. The molecule has 4 rings (SSSR count). The molecule has 0 aliphatic heterocycles. The van der Waals surface area contributed by atoms with Crippen LogP contribution < -0.4 is 11.1 Å². The molecule has 0 atom stereocenters. The van der Waals surface area contributed by atoms with Gasteiger partial charge in [-0.15, -0.1) is 0 Å². The van der Waals surface area contributed by atoms with E-state index in [9.17, 15) is 4.39 Å². The van der Waals surface area contributed by atoms with E-state index in [1.165, 1.54) is 6.33 Å². The minimum absolute atomic E-state index is 0.296. The Labute approximate surface area is 154 Å². The summed E-state index contributed by atoms with van der Waals surface area (Å²) < 4.78 is 14.4. The molecule has 8 nitrogen and oxygen atoms in total. The maximum Gasteiger partial charge on any atom is 0.218 e. The van der Waals surface area contributed by atoms with Gasteiger partial charge >= 0.3 is 0 Å². The Balaban J connectivity index is 1.45. The van der Waals surface area contributed by atoms with Crippen molar-refractivity contribution in [1.29, 1.82) is 0 Å². The highest BCUT2D eigenvalue weighted by Gasteiger charge is 2.10. The summed E-state index contributed by atoms with van der Waals surface area (Å²) in [5, 5.41) is 3.94. The topological polar surface area (TPSA) is 118 Å². The zero-order valence-electron chi connectivity index (χ0n) is 14.4. The van der Waals surface area contributed by atoms with Crippen molar-refractivity contribution in [2.75, 3.05) is 5.32 Å². The van der Waals surface area contributed by atoms with Crippen LogP contribution >= 0.6 is 0 Å². The fourth-order valence-electron chi connectivity index (χ4n) is 2.73. The number of pyridine rings is 1. The molecule has 0 spiro atoms. The lowest BCUT2D eigenvalue weighted by Gasteiger charge is -2.08. The van der Waals surface area contributed by atoms with Crippen LogP contribution in [-0.4, -0.2) is 29.9 Å². The van der Waals surface area contributed by atoms with Gasteiger partial charge in [0.25, 0.3) is 0 Å². The molecule has 0 aliphatic carbocycles. The molecule has 9 heteroatoms. The number of aromatic nitrogens is 6. The van der Waals surface area contributed by atoms with Crippen molar-refractivity contribution >= 4 is 16.9 Å². The van der Waals surface area contributed by atoms with E-state index in [1.54, 1.807) is 30.7 Å². The molecule has 0 fully saturated rings. The first-order chi connectivity index (χ1) is 13.2. The summed E-state index contributed by atoms with van der Waals surface area (Å²) in [6.07, 6.45) is 8.78. The first-order valence-corrected chi connectivity index (χ1v) is 8.38. The Morgan fingerprint density at radius 3 is 2.70 bits per heavy atom. The lowest BCUT2D eigenvalue weighted by molar-refractivity contribution is 0.571. The smallest absolute Gasteiger partial charge is 0.218 e. The van der Waals surface area contributed by atoms with Gasteiger partial charge in [0, 0.05) is 54.3 Å². The zero-order valence-corrected chi connectivity index (χ0v) is 14.4. The van der Waals surface area contributed by atoms with E-state index < -0.39 is 5.95 Å². The quantitative estimate of drug-likeness (QED) is 0.447. The van der Waals surface area contributed by atoms with Gasteiger partial charge in [-0.25, -0.2) is 24.9 Å². The molecule has 0 saturated heterocycles. The number of anilines is 1. The van der Waals surface area contributed by atoms with Crippen LogP contribution in [0.2, 0.25) is 0 Å². The van der Waals surface area contributed by atoms with Crippen LogP contribution in [0.15, 0.2) is 43.2 Å². The van der Waals surface area contributed by atoms with E-state index in [0.717, 1.165) is 22.2 Å². The Kier molecular flexibility index (Phi) is 4.67. The van der Waals surface area contributed by atoms with Crippen LogP contribution in [0.5, 0.6) is 0 Å². The van der Waals surface area contributed by atoms with Crippen molar-refractivity contribution in [3.63, 3.8) is 0 Å². The van der Waals surface area contributed by atoms with Crippen LogP contribution in [-0.2, 0) is 19.5 Å². The first kappa shape index (κ1) is 17.0. The Morgan fingerprint density at radius 2 is 1.93 bits per heavy atom. The number of hydrogen-bond acceptors (Lipinski definition) is 7. The number of fused-ring (bicyclic) bond motifs is 1. The summed E-state index contributed by atoms with van der Waals surface area (Å²) >= 11 is 0. The molecule has 0 aliphatic rings. The van der Waals surface area contributed by atoms with Crippen LogP contribution in [0.25, 0.3) is 11.0 Å². The van der Waals surface area contributed by atoms with Gasteiger partial charge < -0.3 is 16.0 Å². The van der Waals surface area contributed by atoms with E-state index >= 15 is 0 Å². The number of nitrogens with two attached hydrogens (primary N) is 1. The summed E-state index contributed by atoms with van der Waals surface area (Å²) in [6, 6.07) is 3.47. The minimum Gasteiger partial charge on any atom is -0.366 e. The second-order valence-corrected chi connectivity index (χ2v) is 5.99. The summed E-state index contributed by atoms with van der Waals surface area (Å²) in [7, 11) is 0. The molecular formula is C18H17FN8. The van der Waals surface area contributed by atoms with E-state index in [-0.39, 0.29) is 0 Å². The van der Waals surface area contributed by atoms with Crippen LogP contribution in [0.4, 0.5) is 10.2 Å². The molecule has 136 valence electrons. The largest absolute Gasteiger partial charge is 0.366 e. The van der Waals surface area contributed by atoms with Crippen LogP contribution in [0, 0.1) is 5.95 Å². The normalized spacial score (nSPS) is 11.0. The fourth-order valence-corrected chi connectivity index (χ4v) is 2.73. The summed E-state index contributed by atoms with van der Waals surface area (Å²) in [5.74, 6) is 0.511. The minimum atomic E-state index is -0.513. The van der Waals surface area contributed by atoms with E-state index in [4.69, 9.17) is 5.73 Å². The molecule has 0 amide bonds. The van der Waals surface area contributed by atoms with E-state index in [0.29, 0.717) is 36.7 Å². The van der Waals surface area contributed by atoms with Crippen molar-refractivity contribution in [1.82, 2.24) is 29.9 Å². The van der Waals surface area contributed by atoms with Crippen LogP contribution in [0.3, 0.4) is 0 Å². The van der Waals surface area contributed by atoms with Gasteiger partial charge in [0.15, 0.2) is 0 Å². The maximum absolute atomic E-state index is 14.4. The molecule has 0 aromatic carbocycles. The predicted molar refractivity (Wildman–Crippen MR) is 98.1 cm³/mol. The second-order valence-electron chi connectivity index (χ2n) is 5.99. The number of hydrogen-bond donors (Lipinski definition) is 3. The Hall–Kier alpha value is -3.46.